The normalized spacial score (nSPS) is 11.6. The lowest BCUT2D eigenvalue weighted by Gasteiger charge is -2.16. The molecule has 1 unspecified atom stereocenters. The van der Waals surface area contributed by atoms with Gasteiger partial charge in [0.1, 0.15) is 18.1 Å². The number of rotatable bonds is 7. The molecule has 0 bridgehead atoms. The topological polar surface area (TPSA) is 47.6 Å². The molecule has 4 nitrogen and oxygen atoms in total. The Kier molecular flexibility index (Phi) is 6.29. The highest BCUT2D eigenvalue weighted by Gasteiger charge is 2.15. The van der Waals surface area contributed by atoms with E-state index in [0.29, 0.717) is 23.9 Å². The number of nitrogens with one attached hydrogen (secondary N) is 1. The van der Waals surface area contributed by atoms with Crippen molar-refractivity contribution in [3.63, 3.8) is 0 Å². The van der Waals surface area contributed by atoms with Gasteiger partial charge in [-0.1, -0.05) is 29.8 Å². The number of ether oxygens (including phenoxy) is 2. The maximum absolute atomic E-state index is 12.0. The molecule has 0 saturated heterocycles. The zero-order valence-electron chi connectivity index (χ0n) is 13.2. The third-order valence-electron chi connectivity index (χ3n) is 3.22. The summed E-state index contributed by atoms with van der Waals surface area (Å²) in [5.74, 6) is 1.25. The highest BCUT2D eigenvalue weighted by molar-refractivity contribution is 6.30. The minimum absolute atomic E-state index is 0.184. The largest absolute Gasteiger partial charge is 0.492 e. The molecule has 5 heteroatoms. The van der Waals surface area contributed by atoms with Crippen LogP contribution in [0.15, 0.2) is 48.5 Å². The van der Waals surface area contributed by atoms with Crippen molar-refractivity contribution >= 4 is 17.5 Å². The summed E-state index contributed by atoms with van der Waals surface area (Å²) in [5.41, 5.74) is 0.893. The summed E-state index contributed by atoms with van der Waals surface area (Å²) in [6.45, 7) is 4.42. The van der Waals surface area contributed by atoms with E-state index in [0.717, 1.165) is 11.3 Å². The maximum atomic E-state index is 12.0. The Balaban J connectivity index is 1.74. The van der Waals surface area contributed by atoms with E-state index >= 15 is 0 Å². The van der Waals surface area contributed by atoms with E-state index in [9.17, 15) is 4.79 Å². The molecule has 0 radical (unpaired) electrons. The van der Waals surface area contributed by atoms with Crippen molar-refractivity contribution in [2.45, 2.75) is 20.0 Å². The summed E-state index contributed by atoms with van der Waals surface area (Å²) >= 11 is 5.90. The fourth-order valence-corrected chi connectivity index (χ4v) is 2.22. The second-order valence-electron chi connectivity index (χ2n) is 5.12. The first-order valence-electron chi connectivity index (χ1n) is 7.44. The van der Waals surface area contributed by atoms with Gasteiger partial charge in [-0.2, -0.15) is 0 Å². The van der Waals surface area contributed by atoms with Crippen LogP contribution < -0.4 is 14.8 Å². The predicted molar refractivity (Wildman–Crippen MR) is 91.2 cm³/mol. The molecule has 0 aliphatic carbocycles. The SMILES string of the molecule is Cc1cc(Cl)ccc1OC(C)C(=O)NCCOc1ccccc1. The van der Waals surface area contributed by atoms with Crippen LogP contribution in [-0.2, 0) is 4.79 Å². The lowest BCUT2D eigenvalue weighted by atomic mass is 10.2. The summed E-state index contributed by atoms with van der Waals surface area (Å²) in [6, 6.07) is 14.8. The number of hydrogen-bond donors (Lipinski definition) is 1. The van der Waals surface area contributed by atoms with Gasteiger partial charge in [-0.3, -0.25) is 4.79 Å². The van der Waals surface area contributed by atoms with Crippen LogP contribution in [0.25, 0.3) is 0 Å². The molecule has 2 aromatic carbocycles. The Morgan fingerprint density at radius 2 is 1.96 bits per heavy atom. The van der Waals surface area contributed by atoms with Gasteiger partial charge < -0.3 is 14.8 Å². The standard InChI is InChI=1S/C18H20ClNO3/c1-13-12-15(19)8-9-17(13)23-14(2)18(21)20-10-11-22-16-6-4-3-5-7-16/h3-9,12,14H,10-11H2,1-2H3,(H,20,21). The van der Waals surface area contributed by atoms with Gasteiger partial charge in [0.15, 0.2) is 6.10 Å². The molecule has 0 aromatic heterocycles. The first kappa shape index (κ1) is 17.2. The van der Waals surface area contributed by atoms with E-state index in [1.54, 1.807) is 25.1 Å². The highest BCUT2D eigenvalue weighted by atomic mass is 35.5. The number of carbonyl (C=O) groups is 1. The van der Waals surface area contributed by atoms with E-state index in [-0.39, 0.29) is 5.91 Å². The number of benzene rings is 2. The Morgan fingerprint density at radius 1 is 1.22 bits per heavy atom. The van der Waals surface area contributed by atoms with Crippen LogP contribution in [0.1, 0.15) is 12.5 Å². The van der Waals surface area contributed by atoms with Crippen molar-refractivity contribution in [1.29, 1.82) is 0 Å². The number of para-hydroxylation sites is 1. The summed E-state index contributed by atoms with van der Waals surface area (Å²) in [6.07, 6.45) is -0.591. The third kappa shape index (κ3) is 5.49. The summed E-state index contributed by atoms with van der Waals surface area (Å²) < 4.78 is 11.2. The second kappa shape index (κ2) is 8.44. The Hall–Kier alpha value is -2.20. The van der Waals surface area contributed by atoms with Gasteiger partial charge in [0.05, 0.1) is 6.54 Å². The van der Waals surface area contributed by atoms with E-state index in [2.05, 4.69) is 5.32 Å². The molecule has 23 heavy (non-hydrogen) atoms. The molecular weight excluding hydrogens is 314 g/mol. The van der Waals surface area contributed by atoms with Gasteiger partial charge in [0.25, 0.3) is 5.91 Å². The fraction of sp³-hybridized carbons (Fsp3) is 0.278. The molecule has 1 atom stereocenters. The molecule has 1 N–H and O–H groups in total. The monoisotopic (exact) mass is 333 g/mol. The molecular formula is C18H20ClNO3. The van der Waals surface area contributed by atoms with E-state index in [1.165, 1.54) is 0 Å². The van der Waals surface area contributed by atoms with Crippen LogP contribution in [0, 0.1) is 6.92 Å². The molecule has 122 valence electrons. The minimum atomic E-state index is -0.591. The van der Waals surface area contributed by atoms with Crippen molar-refractivity contribution in [2.24, 2.45) is 0 Å². The van der Waals surface area contributed by atoms with E-state index < -0.39 is 6.10 Å². The number of aryl methyl sites for hydroxylation is 1. The summed E-state index contributed by atoms with van der Waals surface area (Å²) in [5, 5.41) is 3.43. The number of carbonyl (C=O) groups excluding carboxylic acids is 1. The molecule has 0 heterocycles. The smallest absolute Gasteiger partial charge is 0.260 e. The van der Waals surface area contributed by atoms with Crippen LogP contribution in [-0.4, -0.2) is 25.2 Å². The Labute approximate surface area is 141 Å². The van der Waals surface area contributed by atoms with E-state index in [4.69, 9.17) is 21.1 Å². The number of hydrogen-bond acceptors (Lipinski definition) is 3. The van der Waals surface area contributed by atoms with Crippen LogP contribution in [0.3, 0.4) is 0 Å². The molecule has 0 fully saturated rings. The summed E-state index contributed by atoms with van der Waals surface area (Å²) in [4.78, 5) is 12.0. The van der Waals surface area contributed by atoms with E-state index in [1.807, 2.05) is 37.3 Å². The Morgan fingerprint density at radius 3 is 2.65 bits per heavy atom. The summed E-state index contributed by atoms with van der Waals surface area (Å²) in [7, 11) is 0. The first-order valence-corrected chi connectivity index (χ1v) is 7.82. The van der Waals surface area contributed by atoms with Crippen molar-refractivity contribution < 1.29 is 14.3 Å². The van der Waals surface area contributed by atoms with Crippen LogP contribution >= 0.6 is 11.6 Å². The van der Waals surface area contributed by atoms with Crippen LogP contribution in [0.4, 0.5) is 0 Å². The minimum Gasteiger partial charge on any atom is -0.492 e. The van der Waals surface area contributed by atoms with Gasteiger partial charge in [-0.25, -0.2) is 0 Å². The quantitative estimate of drug-likeness (QED) is 0.787. The van der Waals surface area contributed by atoms with Gasteiger partial charge in [0.2, 0.25) is 0 Å². The van der Waals surface area contributed by atoms with Gasteiger partial charge in [0, 0.05) is 5.02 Å². The van der Waals surface area contributed by atoms with Crippen molar-refractivity contribution in [2.75, 3.05) is 13.2 Å². The van der Waals surface area contributed by atoms with Crippen molar-refractivity contribution in [3.8, 4) is 11.5 Å². The molecule has 0 aliphatic heterocycles. The van der Waals surface area contributed by atoms with Crippen LogP contribution in [0.5, 0.6) is 11.5 Å². The van der Waals surface area contributed by atoms with Crippen molar-refractivity contribution in [3.05, 3.63) is 59.1 Å². The number of amides is 1. The van der Waals surface area contributed by atoms with Gasteiger partial charge >= 0.3 is 0 Å². The molecule has 0 saturated carbocycles. The highest BCUT2D eigenvalue weighted by Crippen LogP contribution is 2.22. The molecule has 2 aromatic rings. The lowest BCUT2D eigenvalue weighted by Crippen LogP contribution is -2.38. The second-order valence-corrected chi connectivity index (χ2v) is 5.56. The molecule has 0 aliphatic rings. The van der Waals surface area contributed by atoms with Crippen LogP contribution in [0.2, 0.25) is 5.02 Å². The average Bonchev–Trinajstić information content (AvgIpc) is 2.55. The Bertz CT molecular complexity index is 646. The molecule has 2 rings (SSSR count). The fourth-order valence-electron chi connectivity index (χ4n) is 1.99. The number of halogens is 1. The zero-order chi connectivity index (χ0) is 16.7. The maximum Gasteiger partial charge on any atom is 0.260 e. The molecule has 0 spiro atoms. The average molecular weight is 334 g/mol. The predicted octanol–water partition coefficient (Wildman–Crippen LogP) is 3.61. The van der Waals surface area contributed by atoms with Gasteiger partial charge in [-0.05, 0) is 49.7 Å². The zero-order valence-corrected chi connectivity index (χ0v) is 14.0. The van der Waals surface area contributed by atoms with Gasteiger partial charge in [-0.15, -0.1) is 0 Å². The third-order valence-corrected chi connectivity index (χ3v) is 3.46. The first-order chi connectivity index (χ1) is 11.1. The lowest BCUT2D eigenvalue weighted by molar-refractivity contribution is -0.127. The van der Waals surface area contributed by atoms with Crippen molar-refractivity contribution in [1.82, 2.24) is 5.32 Å². The molecule has 1 amide bonds.